The average molecular weight is 381 g/mol. The summed E-state index contributed by atoms with van der Waals surface area (Å²) in [4.78, 5) is 24.2. The highest BCUT2D eigenvalue weighted by Gasteiger charge is 2.18. The third-order valence-corrected chi connectivity index (χ3v) is 4.17. The van der Waals surface area contributed by atoms with E-state index in [0.29, 0.717) is 13.2 Å². The van der Waals surface area contributed by atoms with Crippen molar-refractivity contribution >= 4 is 35.0 Å². The summed E-state index contributed by atoms with van der Waals surface area (Å²) in [5.41, 5.74) is 0.223. The van der Waals surface area contributed by atoms with Crippen molar-refractivity contribution in [2.45, 2.75) is 13.0 Å². The minimum atomic E-state index is -0.723. The maximum Gasteiger partial charge on any atom is 0.253 e. The topological polar surface area (TPSA) is 67.4 Å². The molecule has 0 heterocycles. The van der Waals surface area contributed by atoms with Gasteiger partial charge in [0.1, 0.15) is 18.4 Å². The number of hydrogen-bond acceptors (Lipinski definition) is 3. The van der Waals surface area contributed by atoms with Crippen LogP contribution in [0.5, 0.6) is 5.75 Å². The van der Waals surface area contributed by atoms with Crippen LogP contribution in [0.2, 0.25) is 10.0 Å². The van der Waals surface area contributed by atoms with Gasteiger partial charge in [0.15, 0.2) is 0 Å². The largest absolute Gasteiger partial charge is 0.492 e. The highest BCUT2D eigenvalue weighted by Crippen LogP contribution is 2.25. The first-order valence-corrected chi connectivity index (χ1v) is 8.45. The summed E-state index contributed by atoms with van der Waals surface area (Å²) in [6.07, 6.45) is 0. The Hall–Kier alpha value is -2.24. The van der Waals surface area contributed by atoms with Crippen LogP contribution in [0.3, 0.4) is 0 Å². The van der Waals surface area contributed by atoms with Gasteiger partial charge in [0.05, 0.1) is 22.2 Å². The molecule has 2 amide bonds. The van der Waals surface area contributed by atoms with E-state index in [1.165, 1.54) is 0 Å². The number of amides is 2. The predicted octanol–water partition coefficient (Wildman–Crippen LogP) is 3.31. The maximum atomic E-state index is 12.2. The first kappa shape index (κ1) is 19.1. The van der Waals surface area contributed by atoms with E-state index < -0.39 is 11.9 Å². The second-order valence-corrected chi connectivity index (χ2v) is 6.03. The van der Waals surface area contributed by atoms with Crippen molar-refractivity contribution in [3.8, 4) is 5.75 Å². The fraction of sp³-hybridized carbons (Fsp3) is 0.222. The first-order chi connectivity index (χ1) is 12.0. The molecular formula is C18H18Cl2N2O3. The molecule has 1 unspecified atom stereocenters. The minimum Gasteiger partial charge on any atom is -0.492 e. The third kappa shape index (κ3) is 5.66. The predicted molar refractivity (Wildman–Crippen MR) is 98.3 cm³/mol. The van der Waals surface area contributed by atoms with Gasteiger partial charge >= 0.3 is 0 Å². The first-order valence-electron chi connectivity index (χ1n) is 7.69. The fourth-order valence-corrected chi connectivity index (χ4v) is 2.42. The zero-order valence-corrected chi connectivity index (χ0v) is 15.1. The summed E-state index contributed by atoms with van der Waals surface area (Å²) in [7, 11) is 0. The van der Waals surface area contributed by atoms with E-state index in [1.54, 1.807) is 25.1 Å². The van der Waals surface area contributed by atoms with Crippen molar-refractivity contribution in [2.24, 2.45) is 0 Å². The summed E-state index contributed by atoms with van der Waals surface area (Å²) in [5.74, 6) is -0.0486. The lowest BCUT2D eigenvalue weighted by Crippen LogP contribution is -2.45. The average Bonchev–Trinajstić information content (AvgIpc) is 2.61. The zero-order valence-electron chi connectivity index (χ0n) is 13.6. The summed E-state index contributed by atoms with van der Waals surface area (Å²) in [5, 5.41) is 5.73. The molecule has 7 heteroatoms. The molecule has 0 spiro atoms. The second kappa shape index (κ2) is 9.30. The van der Waals surface area contributed by atoms with Gasteiger partial charge in [-0.3, -0.25) is 9.59 Å². The summed E-state index contributed by atoms with van der Waals surface area (Å²) >= 11 is 11.9. The Morgan fingerprint density at radius 2 is 1.80 bits per heavy atom. The molecule has 2 N–H and O–H groups in total. The minimum absolute atomic E-state index is 0.158. The zero-order chi connectivity index (χ0) is 18.2. The lowest BCUT2D eigenvalue weighted by atomic mass is 10.2. The molecule has 2 aromatic carbocycles. The Balaban J connectivity index is 1.78. The van der Waals surface area contributed by atoms with Crippen LogP contribution in [0.25, 0.3) is 0 Å². The van der Waals surface area contributed by atoms with Crippen LogP contribution in [-0.4, -0.2) is 31.0 Å². The normalized spacial score (nSPS) is 11.5. The van der Waals surface area contributed by atoms with Crippen molar-refractivity contribution in [2.75, 3.05) is 13.2 Å². The number of halogens is 2. The number of hydrogen-bond donors (Lipinski definition) is 2. The van der Waals surface area contributed by atoms with Crippen LogP contribution in [0.1, 0.15) is 17.3 Å². The molecule has 2 aromatic rings. The van der Waals surface area contributed by atoms with Gasteiger partial charge in [0.2, 0.25) is 5.91 Å². The molecule has 0 saturated carbocycles. The lowest BCUT2D eigenvalue weighted by Gasteiger charge is -2.15. The Kier molecular flexibility index (Phi) is 7.10. The second-order valence-electron chi connectivity index (χ2n) is 5.25. The number of rotatable bonds is 7. The molecule has 25 heavy (non-hydrogen) atoms. The summed E-state index contributed by atoms with van der Waals surface area (Å²) in [6, 6.07) is 13.3. The van der Waals surface area contributed by atoms with E-state index in [-0.39, 0.29) is 21.5 Å². The SMILES string of the molecule is CC(NC(=O)c1cccc(Cl)c1Cl)C(=O)NCCOc1ccccc1. The van der Waals surface area contributed by atoms with Crippen LogP contribution >= 0.6 is 23.2 Å². The molecule has 1 atom stereocenters. The molecule has 2 rings (SSSR count). The van der Waals surface area contributed by atoms with Crippen LogP contribution < -0.4 is 15.4 Å². The Bertz CT molecular complexity index is 738. The molecule has 0 aliphatic rings. The monoisotopic (exact) mass is 380 g/mol. The summed E-state index contributed by atoms with van der Waals surface area (Å²) in [6.45, 7) is 2.24. The number of para-hydroxylation sites is 1. The van der Waals surface area contributed by atoms with E-state index >= 15 is 0 Å². The Morgan fingerprint density at radius 1 is 1.08 bits per heavy atom. The molecule has 0 fully saturated rings. The fourth-order valence-electron chi connectivity index (χ4n) is 2.03. The third-order valence-electron chi connectivity index (χ3n) is 3.35. The van der Waals surface area contributed by atoms with Crippen molar-refractivity contribution in [1.82, 2.24) is 10.6 Å². The van der Waals surface area contributed by atoms with Crippen molar-refractivity contribution < 1.29 is 14.3 Å². The lowest BCUT2D eigenvalue weighted by molar-refractivity contribution is -0.122. The molecule has 0 aromatic heterocycles. The van der Waals surface area contributed by atoms with Crippen LogP contribution in [0.4, 0.5) is 0 Å². The van der Waals surface area contributed by atoms with E-state index in [4.69, 9.17) is 27.9 Å². The van der Waals surface area contributed by atoms with Gasteiger partial charge in [-0.05, 0) is 31.2 Å². The van der Waals surface area contributed by atoms with Crippen LogP contribution in [0, 0.1) is 0 Å². The molecule has 0 radical (unpaired) electrons. The van der Waals surface area contributed by atoms with Gasteiger partial charge in [0.25, 0.3) is 5.91 Å². The van der Waals surface area contributed by atoms with E-state index in [9.17, 15) is 9.59 Å². The number of carbonyl (C=O) groups excluding carboxylic acids is 2. The van der Waals surface area contributed by atoms with Gasteiger partial charge in [-0.2, -0.15) is 0 Å². The van der Waals surface area contributed by atoms with Crippen molar-refractivity contribution in [1.29, 1.82) is 0 Å². The molecule has 0 bridgehead atoms. The molecule has 5 nitrogen and oxygen atoms in total. The summed E-state index contributed by atoms with van der Waals surface area (Å²) < 4.78 is 5.48. The number of ether oxygens (including phenoxy) is 1. The molecule has 132 valence electrons. The quantitative estimate of drug-likeness (QED) is 0.724. The molecular weight excluding hydrogens is 363 g/mol. The maximum absolute atomic E-state index is 12.2. The Morgan fingerprint density at radius 3 is 2.52 bits per heavy atom. The molecule has 0 aliphatic carbocycles. The van der Waals surface area contributed by atoms with Gasteiger partial charge in [-0.15, -0.1) is 0 Å². The smallest absolute Gasteiger partial charge is 0.253 e. The van der Waals surface area contributed by atoms with E-state index in [0.717, 1.165) is 5.75 Å². The van der Waals surface area contributed by atoms with E-state index in [1.807, 2.05) is 30.3 Å². The standard InChI is InChI=1S/C18H18Cl2N2O3/c1-12(22-18(24)14-8-5-9-15(19)16(14)20)17(23)21-10-11-25-13-6-3-2-4-7-13/h2-9,12H,10-11H2,1H3,(H,21,23)(H,22,24). The molecule has 0 aliphatic heterocycles. The Labute approximate surface area is 156 Å². The van der Waals surface area contributed by atoms with Crippen molar-refractivity contribution in [3.63, 3.8) is 0 Å². The number of nitrogens with one attached hydrogen (secondary N) is 2. The highest BCUT2D eigenvalue weighted by atomic mass is 35.5. The highest BCUT2D eigenvalue weighted by molar-refractivity contribution is 6.43. The molecule has 0 saturated heterocycles. The number of benzene rings is 2. The van der Waals surface area contributed by atoms with Gasteiger partial charge < -0.3 is 15.4 Å². The van der Waals surface area contributed by atoms with E-state index in [2.05, 4.69) is 10.6 Å². The van der Waals surface area contributed by atoms with Gasteiger partial charge in [-0.1, -0.05) is 47.5 Å². The van der Waals surface area contributed by atoms with Crippen LogP contribution in [-0.2, 0) is 4.79 Å². The van der Waals surface area contributed by atoms with Crippen molar-refractivity contribution in [3.05, 3.63) is 64.1 Å². The number of carbonyl (C=O) groups is 2. The van der Waals surface area contributed by atoms with Gasteiger partial charge in [-0.25, -0.2) is 0 Å². The van der Waals surface area contributed by atoms with Crippen LogP contribution in [0.15, 0.2) is 48.5 Å². The van der Waals surface area contributed by atoms with Gasteiger partial charge in [0, 0.05) is 0 Å².